The molecule has 1 aliphatic heterocycles. The summed E-state index contributed by atoms with van der Waals surface area (Å²) >= 11 is 7.40. The number of carbonyl (C=O) groups excluding carboxylic acids is 2. The van der Waals surface area contributed by atoms with Crippen LogP contribution < -0.4 is 4.90 Å². The number of carbonyl (C=O) groups is 2. The molecule has 0 bridgehead atoms. The van der Waals surface area contributed by atoms with E-state index in [1.807, 2.05) is 30.3 Å². The number of hydrogen-bond acceptors (Lipinski definition) is 6. The molecule has 2 aromatic heterocycles. The number of rotatable bonds is 5. The third-order valence-corrected chi connectivity index (χ3v) is 6.97. The van der Waals surface area contributed by atoms with Gasteiger partial charge in [-0.15, -0.1) is 11.3 Å². The molecule has 0 aliphatic carbocycles. The molecular weight excluding hydrogens is 470 g/mol. The fourth-order valence-electron chi connectivity index (χ4n) is 3.98. The first-order valence-electron chi connectivity index (χ1n) is 10.5. The van der Waals surface area contributed by atoms with E-state index in [1.54, 1.807) is 55.6 Å². The van der Waals surface area contributed by atoms with Crippen LogP contribution in [-0.2, 0) is 4.79 Å². The molecule has 5 rings (SSSR count). The predicted octanol–water partition coefficient (Wildman–Crippen LogP) is 5.95. The van der Waals surface area contributed by atoms with Crippen LogP contribution in [0.2, 0.25) is 5.02 Å². The molecule has 6 nitrogen and oxygen atoms in total. The van der Waals surface area contributed by atoms with Gasteiger partial charge in [0, 0.05) is 22.5 Å². The lowest BCUT2D eigenvalue weighted by Gasteiger charge is -2.26. The Labute approximate surface area is 204 Å². The Morgan fingerprint density at radius 3 is 2.53 bits per heavy atom. The molecule has 34 heavy (non-hydrogen) atoms. The first-order valence-corrected chi connectivity index (χ1v) is 11.7. The third-order valence-electron chi connectivity index (χ3n) is 5.53. The molecule has 1 aliphatic rings. The van der Waals surface area contributed by atoms with Gasteiger partial charge in [0.2, 0.25) is 5.78 Å². The van der Waals surface area contributed by atoms with Gasteiger partial charge in [-0.2, -0.15) is 0 Å². The van der Waals surface area contributed by atoms with Crippen molar-refractivity contribution < 1.29 is 14.7 Å². The summed E-state index contributed by atoms with van der Waals surface area (Å²) in [7, 11) is 0. The van der Waals surface area contributed by atoms with Crippen molar-refractivity contribution in [2.75, 3.05) is 4.90 Å². The molecule has 4 aromatic rings. The maximum absolute atomic E-state index is 13.8. The summed E-state index contributed by atoms with van der Waals surface area (Å²) in [6.07, 6.45) is 1.58. The van der Waals surface area contributed by atoms with E-state index in [-0.39, 0.29) is 5.57 Å². The Kier molecular flexibility index (Phi) is 5.73. The minimum absolute atomic E-state index is 0.0324. The zero-order valence-corrected chi connectivity index (χ0v) is 19.5. The largest absolute Gasteiger partial charge is 0.503 e. The van der Waals surface area contributed by atoms with Gasteiger partial charge in [-0.1, -0.05) is 54.1 Å². The third kappa shape index (κ3) is 3.79. The number of aromatic nitrogens is 2. The number of amides is 1. The van der Waals surface area contributed by atoms with Crippen LogP contribution in [0.25, 0.3) is 10.6 Å². The van der Waals surface area contributed by atoms with Crippen LogP contribution in [0.5, 0.6) is 0 Å². The molecule has 0 saturated carbocycles. The lowest BCUT2D eigenvalue weighted by Crippen LogP contribution is -2.31. The molecule has 168 valence electrons. The molecule has 0 saturated heterocycles. The van der Waals surface area contributed by atoms with Crippen molar-refractivity contribution in [2.45, 2.75) is 13.0 Å². The fraction of sp³-hybridized carbons (Fsp3) is 0.0769. The first kappa shape index (κ1) is 22.0. The number of aryl methyl sites for hydroxylation is 1. The second-order valence-electron chi connectivity index (χ2n) is 7.70. The summed E-state index contributed by atoms with van der Waals surface area (Å²) in [5.74, 6) is -1.75. The van der Waals surface area contributed by atoms with Crippen LogP contribution in [-0.4, -0.2) is 26.8 Å². The fourth-order valence-corrected chi connectivity index (χ4v) is 5.19. The van der Waals surface area contributed by atoms with Crippen molar-refractivity contribution in [1.29, 1.82) is 0 Å². The predicted molar refractivity (Wildman–Crippen MR) is 132 cm³/mol. The van der Waals surface area contributed by atoms with Gasteiger partial charge < -0.3 is 5.11 Å². The Balaban J connectivity index is 1.63. The smallest absolute Gasteiger partial charge is 0.294 e. The van der Waals surface area contributed by atoms with E-state index >= 15 is 0 Å². The SMILES string of the molecule is Cc1nc(-c2ccccc2)sc1C(=O)C1=C(O)C(=O)N(c2cccc(Cl)c2)C1c1ccccn1. The van der Waals surface area contributed by atoms with Crippen LogP contribution in [0.4, 0.5) is 5.69 Å². The van der Waals surface area contributed by atoms with Gasteiger partial charge in [-0.05, 0) is 37.3 Å². The van der Waals surface area contributed by atoms with Gasteiger partial charge in [0.1, 0.15) is 11.0 Å². The number of halogens is 1. The van der Waals surface area contributed by atoms with E-state index in [9.17, 15) is 14.7 Å². The number of hydrogen-bond donors (Lipinski definition) is 1. The average Bonchev–Trinajstić information content (AvgIpc) is 3.37. The van der Waals surface area contributed by atoms with Crippen LogP contribution in [0.3, 0.4) is 0 Å². The monoisotopic (exact) mass is 487 g/mol. The minimum atomic E-state index is -0.915. The van der Waals surface area contributed by atoms with Gasteiger partial charge in [0.05, 0.1) is 21.8 Å². The van der Waals surface area contributed by atoms with E-state index < -0.39 is 23.5 Å². The summed E-state index contributed by atoms with van der Waals surface area (Å²) in [4.78, 5) is 37.7. The van der Waals surface area contributed by atoms with Crippen LogP contribution in [0, 0.1) is 6.92 Å². The Bertz CT molecular complexity index is 1430. The van der Waals surface area contributed by atoms with E-state index in [0.29, 0.717) is 32.0 Å². The molecule has 0 radical (unpaired) electrons. The molecule has 0 fully saturated rings. The number of aliphatic hydroxyl groups is 1. The molecule has 3 heterocycles. The Morgan fingerprint density at radius 1 is 1.06 bits per heavy atom. The average molecular weight is 488 g/mol. The maximum Gasteiger partial charge on any atom is 0.294 e. The lowest BCUT2D eigenvalue weighted by atomic mass is 9.98. The highest BCUT2D eigenvalue weighted by atomic mass is 35.5. The van der Waals surface area contributed by atoms with Crippen molar-refractivity contribution in [3.63, 3.8) is 0 Å². The van der Waals surface area contributed by atoms with Gasteiger partial charge in [0.25, 0.3) is 5.91 Å². The van der Waals surface area contributed by atoms with Crippen molar-refractivity contribution >= 4 is 40.3 Å². The number of anilines is 1. The topological polar surface area (TPSA) is 83.4 Å². The number of aliphatic hydroxyl groups excluding tert-OH is 1. The van der Waals surface area contributed by atoms with Crippen molar-refractivity contribution in [3.05, 3.63) is 112 Å². The molecule has 1 unspecified atom stereocenters. The van der Waals surface area contributed by atoms with E-state index in [2.05, 4.69) is 9.97 Å². The molecule has 1 amide bonds. The molecule has 2 aromatic carbocycles. The number of thiazole rings is 1. The zero-order chi connectivity index (χ0) is 23.8. The van der Waals surface area contributed by atoms with Gasteiger partial charge in [-0.25, -0.2) is 4.98 Å². The second-order valence-corrected chi connectivity index (χ2v) is 9.14. The molecular formula is C26H18ClN3O3S. The normalized spacial score (nSPS) is 15.8. The standard InChI is InChI=1S/C26H18ClN3O3S/c1-15-24(34-25(29-15)16-8-3-2-4-9-16)22(31)20-21(19-12-5-6-13-28-19)30(26(33)23(20)32)18-11-7-10-17(27)14-18/h2-14,21,32H,1H3. The Morgan fingerprint density at radius 2 is 1.82 bits per heavy atom. The van der Waals surface area contributed by atoms with Crippen LogP contribution in [0.15, 0.2) is 90.3 Å². The number of benzene rings is 2. The summed E-state index contributed by atoms with van der Waals surface area (Å²) in [5, 5.41) is 12.0. The number of pyridine rings is 1. The van der Waals surface area contributed by atoms with Crippen molar-refractivity contribution in [2.24, 2.45) is 0 Å². The highest BCUT2D eigenvalue weighted by molar-refractivity contribution is 7.17. The van der Waals surface area contributed by atoms with Gasteiger partial charge >= 0.3 is 0 Å². The maximum atomic E-state index is 13.8. The van der Waals surface area contributed by atoms with Gasteiger partial charge in [-0.3, -0.25) is 19.5 Å². The zero-order valence-electron chi connectivity index (χ0n) is 18.0. The summed E-state index contributed by atoms with van der Waals surface area (Å²) in [6, 6.07) is 20.6. The number of ketones is 1. The first-order chi connectivity index (χ1) is 16.5. The van der Waals surface area contributed by atoms with Crippen molar-refractivity contribution in [3.8, 4) is 10.6 Å². The summed E-state index contributed by atoms with van der Waals surface area (Å²) < 4.78 is 0. The molecule has 1 atom stereocenters. The van der Waals surface area contributed by atoms with Crippen LogP contribution >= 0.6 is 22.9 Å². The number of Topliss-reactive ketones (excluding diaryl/α,β-unsaturated/α-hetero) is 1. The van der Waals surface area contributed by atoms with E-state index in [0.717, 1.165) is 5.56 Å². The van der Waals surface area contributed by atoms with E-state index in [4.69, 9.17) is 11.6 Å². The van der Waals surface area contributed by atoms with E-state index in [1.165, 1.54) is 16.2 Å². The lowest BCUT2D eigenvalue weighted by molar-refractivity contribution is -0.117. The minimum Gasteiger partial charge on any atom is -0.503 e. The second kappa shape index (κ2) is 8.85. The van der Waals surface area contributed by atoms with Gasteiger partial charge in [0.15, 0.2) is 5.76 Å². The molecule has 8 heteroatoms. The molecule has 0 spiro atoms. The highest BCUT2D eigenvalue weighted by Crippen LogP contribution is 2.43. The van der Waals surface area contributed by atoms with Crippen molar-refractivity contribution in [1.82, 2.24) is 9.97 Å². The van der Waals surface area contributed by atoms with Crippen LogP contribution in [0.1, 0.15) is 27.1 Å². The number of nitrogens with zero attached hydrogens (tertiary/aromatic N) is 3. The highest BCUT2D eigenvalue weighted by Gasteiger charge is 2.46. The summed E-state index contributed by atoms with van der Waals surface area (Å²) in [6.45, 7) is 1.75. The molecule has 1 N–H and O–H groups in total. The quantitative estimate of drug-likeness (QED) is 0.352. The Hall–Kier alpha value is -3.81. The summed E-state index contributed by atoms with van der Waals surface area (Å²) in [5.41, 5.74) is 2.29.